The molecule has 0 saturated carbocycles. The lowest BCUT2D eigenvalue weighted by Gasteiger charge is -2.16. The molecular formula is C25H28N4O2. The second-order valence-electron chi connectivity index (χ2n) is 7.93. The number of ether oxygens (including phenoxy) is 1. The molecule has 4 aromatic rings. The maximum absolute atomic E-state index is 5.93. The van der Waals surface area contributed by atoms with Crippen molar-refractivity contribution < 1.29 is 9.15 Å². The van der Waals surface area contributed by atoms with Crippen molar-refractivity contribution in [3.05, 3.63) is 83.0 Å². The van der Waals surface area contributed by atoms with Gasteiger partial charge in [-0.25, -0.2) is 9.67 Å². The number of aromatic nitrogens is 3. The zero-order valence-corrected chi connectivity index (χ0v) is 18.7. The van der Waals surface area contributed by atoms with Crippen LogP contribution in [0.2, 0.25) is 0 Å². The predicted octanol–water partition coefficient (Wildman–Crippen LogP) is 5.09. The molecule has 0 unspecified atom stereocenters. The molecule has 0 aliphatic rings. The Morgan fingerprint density at radius 1 is 1.00 bits per heavy atom. The summed E-state index contributed by atoms with van der Waals surface area (Å²) in [6, 6.07) is 18.3. The number of hydrogen-bond donors (Lipinski definition) is 0. The second kappa shape index (κ2) is 8.78. The van der Waals surface area contributed by atoms with Crippen molar-refractivity contribution in [3.8, 4) is 22.9 Å². The number of oxazole rings is 1. The molecule has 0 amide bonds. The fourth-order valence-corrected chi connectivity index (χ4v) is 3.73. The monoisotopic (exact) mass is 416 g/mol. The Labute approximate surface area is 183 Å². The average molecular weight is 417 g/mol. The summed E-state index contributed by atoms with van der Waals surface area (Å²) >= 11 is 0. The quantitative estimate of drug-likeness (QED) is 0.420. The SMILES string of the molecule is COc1ccc(-c2nc(CN(C)Cc3cccc(-n4nc(C)cc4C)c3)c(C)o2)cc1. The summed E-state index contributed by atoms with van der Waals surface area (Å²) in [7, 11) is 3.75. The molecule has 0 fully saturated rings. The minimum atomic E-state index is 0.634. The molecule has 0 radical (unpaired) electrons. The van der Waals surface area contributed by atoms with E-state index >= 15 is 0 Å². The van der Waals surface area contributed by atoms with Crippen LogP contribution >= 0.6 is 0 Å². The van der Waals surface area contributed by atoms with Crippen molar-refractivity contribution in [2.24, 2.45) is 0 Å². The van der Waals surface area contributed by atoms with Crippen molar-refractivity contribution >= 4 is 0 Å². The molecule has 4 rings (SSSR count). The van der Waals surface area contributed by atoms with Crippen molar-refractivity contribution in [2.75, 3.05) is 14.2 Å². The lowest BCUT2D eigenvalue weighted by Crippen LogP contribution is -2.18. The lowest BCUT2D eigenvalue weighted by atomic mass is 10.2. The Morgan fingerprint density at radius 3 is 2.45 bits per heavy atom. The van der Waals surface area contributed by atoms with Gasteiger partial charge in [-0.2, -0.15) is 5.10 Å². The van der Waals surface area contributed by atoms with Crippen molar-refractivity contribution in [3.63, 3.8) is 0 Å². The number of benzene rings is 2. The van der Waals surface area contributed by atoms with E-state index in [1.807, 2.05) is 42.8 Å². The van der Waals surface area contributed by atoms with E-state index in [2.05, 4.69) is 54.3 Å². The highest BCUT2D eigenvalue weighted by Gasteiger charge is 2.14. The summed E-state index contributed by atoms with van der Waals surface area (Å²) in [5.41, 5.74) is 6.35. The van der Waals surface area contributed by atoms with Gasteiger partial charge in [-0.15, -0.1) is 0 Å². The van der Waals surface area contributed by atoms with Gasteiger partial charge in [0.15, 0.2) is 0 Å². The van der Waals surface area contributed by atoms with Crippen LogP contribution in [-0.2, 0) is 13.1 Å². The van der Waals surface area contributed by atoms with Crippen LogP contribution in [0.25, 0.3) is 17.1 Å². The molecule has 0 atom stereocenters. The van der Waals surface area contributed by atoms with Crippen LogP contribution in [0.5, 0.6) is 5.75 Å². The highest BCUT2D eigenvalue weighted by atomic mass is 16.5. The molecule has 0 spiro atoms. The van der Waals surface area contributed by atoms with Gasteiger partial charge in [-0.3, -0.25) is 4.90 Å². The third kappa shape index (κ3) is 4.70. The van der Waals surface area contributed by atoms with Gasteiger partial charge in [-0.1, -0.05) is 12.1 Å². The first-order valence-electron chi connectivity index (χ1n) is 10.3. The number of nitrogens with zero attached hydrogens (tertiary/aromatic N) is 4. The summed E-state index contributed by atoms with van der Waals surface area (Å²) in [4.78, 5) is 6.97. The minimum absolute atomic E-state index is 0.634. The van der Waals surface area contributed by atoms with Crippen molar-refractivity contribution in [1.29, 1.82) is 0 Å². The maximum Gasteiger partial charge on any atom is 0.226 e. The molecule has 2 aromatic carbocycles. The molecule has 6 heteroatoms. The smallest absolute Gasteiger partial charge is 0.226 e. The van der Waals surface area contributed by atoms with Gasteiger partial charge < -0.3 is 9.15 Å². The maximum atomic E-state index is 5.93. The van der Waals surface area contributed by atoms with Gasteiger partial charge in [0.25, 0.3) is 0 Å². The third-order valence-corrected chi connectivity index (χ3v) is 5.27. The summed E-state index contributed by atoms with van der Waals surface area (Å²) in [5.74, 6) is 2.29. The van der Waals surface area contributed by atoms with Crippen LogP contribution in [0, 0.1) is 20.8 Å². The molecule has 6 nitrogen and oxygen atoms in total. The first kappa shape index (κ1) is 20.9. The van der Waals surface area contributed by atoms with Gasteiger partial charge in [0.05, 0.1) is 24.2 Å². The summed E-state index contributed by atoms with van der Waals surface area (Å²) in [6.45, 7) is 7.56. The normalized spacial score (nSPS) is 11.3. The van der Waals surface area contributed by atoms with Crippen LogP contribution in [0.3, 0.4) is 0 Å². The van der Waals surface area contributed by atoms with E-state index in [1.165, 1.54) is 5.56 Å². The van der Waals surface area contributed by atoms with Crippen molar-refractivity contribution in [1.82, 2.24) is 19.7 Å². The van der Waals surface area contributed by atoms with Crippen LogP contribution in [0.1, 0.15) is 28.4 Å². The Balaban J connectivity index is 1.47. The fourth-order valence-electron chi connectivity index (χ4n) is 3.73. The molecular weight excluding hydrogens is 388 g/mol. The molecule has 160 valence electrons. The van der Waals surface area contributed by atoms with Gasteiger partial charge in [-0.05, 0) is 75.8 Å². The Hall–Kier alpha value is -3.38. The van der Waals surface area contributed by atoms with Crippen LogP contribution in [0.15, 0.2) is 59.0 Å². The molecule has 31 heavy (non-hydrogen) atoms. The average Bonchev–Trinajstić information content (AvgIpc) is 3.29. The van der Waals surface area contributed by atoms with E-state index in [0.29, 0.717) is 12.4 Å². The van der Waals surface area contributed by atoms with Crippen molar-refractivity contribution in [2.45, 2.75) is 33.9 Å². The summed E-state index contributed by atoms with van der Waals surface area (Å²) in [5, 5.41) is 4.60. The highest BCUT2D eigenvalue weighted by molar-refractivity contribution is 5.55. The molecule has 0 bridgehead atoms. The Kier molecular flexibility index (Phi) is 5.91. The number of rotatable bonds is 7. The molecule has 0 aliphatic heterocycles. The molecule has 2 heterocycles. The van der Waals surface area contributed by atoms with Gasteiger partial charge in [0.2, 0.25) is 5.89 Å². The first-order valence-corrected chi connectivity index (χ1v) is 10.3. The van der Waals surface area contributed by atoms with Crippen LogP contribution in [0.4, 0.5) is 0 Å². The van der Waals surface area contributed by atoms with E-state index in [-0.39, 0.29) is 0 Å². The third-order valence-electron chi connectivity index (χ3n) is 5.27. The van der Waals surface area contributed by atoms with E-state index in [4.69, 9.17) is 14.1 Å². The van der Waals surface area contributed by atoms with Gasteiger partial charge in [0, 0.05) is 24.3 Å². The van der Waals surface area contributed by atoms with Gasteiger partial charge in [0.1, 0.15) is 11.5 Å². The molecule has 0 aliphatic carbocycles. The van der Waals surface area contributed by atoms with E-state index < -0.39 is 0 Å². The topological polar surface area (TPSA) is 56.3 Å². The second-order valence-corrected chi connectivity index (χ2v) is 7.93. The lowest BCUT2D eigenvalue weighted by molar-refractivity contribution is 0.313. The zero-order valence-electron chi connectivity index (χ0n) is 18.7. The fraction of sp³-hybridized carbons (Fsp3) is 0.280. The number of hydrogen-bond acceptors (Lipinski definition) is 5. The van der Waals surface area contributed by atoms with E-state index in [1.54, 1.807) is 7.11 Å². The zero-order chi connectivity index (χ0) is 22.0. The summed E-state index contributed by atoms with van der Waals surface area (Å²) in [6.07, 6.45) is 0. The standard InChI is InChI=1S/C25H28N4O2/c1-17-13-18(2)29(27-17)22-8-6-7-20(14-22)15-28(4)16-24-19(3)31-25(26-24)21-9-11-23(30-5)12-10-21/h6-14H,15-16H2,1-5H3. The highest BCUT2D eigenvalue weighted by Crippen LogP contribution is 2.25. The first-order chi connectivity index (χ1) is 14.9. The Bertz CT molecular complexity index is 1170. The molecule has 0 N–H and O–H groups in total. The number of aryl methyl sites for hydroxylation is 3. The van der Waals surface area contributed by atoms with Crippen LogP contribution in [-0.4, -0.2) is 33.8 Å². The minimum Gasteiger partial charge on any atom is -0.497 e. The Morgan fingerprint density at radius 2 is 1.77 bits per heavy atom. The van der Waals surface area contributed by atoms with E-state index in [9.17, 15) is 0 Å². The predicted molar refractivity (Wildman–Crippen MR) is 121 cm³/mol. The molecule has 2 aromatic heterocycles. The van der Waals surface area contributed by atoms with Crippen LogP contribution < -0.4 is 4.74 Å². The largest absolute Gasteiger partial charge is 0.497 e. The summed E-state index contributed by atoms with van der Waals surface area (Å²) < 4.78 is 13.1. The number of methoxy groups -OCH3 is 1. The van der Waals surface area contributed by atoms with Gasteiger partial charge >= 0.3 is 0 Å². The molecule has 0 saturated heterocycles. The van der Waals surface area contributed by atoms with E-state index in [0.717, 1.165) is 46.4 Å².